The molecule has 0 aromatic carbocycles. The van der Waals surface area contributed by atoms with E-state index in [4.69, 9.17) is 0 Å². The Morgan fingerprint density at radius 1 is 1.50 bits per heavy atom. The van der Waals surface area contributed by atoms with Crippen molar-refractivity contribution >= 4 is 27.3 Å². The van der Waals surface area contributed by atoms with Crippen molar-refractivity contribution in [2.45, 2.75) is 42.7 Å². The molecule has 2 atom stereocenters. The average molecular weight is 319 g/mol. The monoisotopic (exact) mass is 319 g/mol. The van der Waals surface area contributed by atoms with E-state index < -0.39 is 22.1 Å². The van der Waals surface area contributed by atoms with Crippen LogP contribution in [0.5, 0.6) is 0 Å². The van der Waals surface area contributed by atoms with E-state index in [2.05, 4.69) is 9.46 Å². The maximum absolute atomic E-state index is 12.3. The molecule has 2 N–H and O–H groups in total. The lowest BCUT2D eigenvalue weighted by Gasteiger charge is -2.26. The summed E-state index contributed by atoms with van der Waals surface area (Å²) in [5, 5.41) is 11.1. The van der Waals surface area contributed by atoms with Crippen molar-refractivity contribution < 1.29 is 23.1 Å². The van der Waals surface area contributed by atoms with Crippen LogP contribution in [0.3, 0.4) is 0 Å². The predicted molar refractivity (Wildman–Crippen MR) is 74.2 cm³/mol. The third-order valence-corrected chi connectivity index (χ3v) is 5.84. The first kappa shape index (κ1) is 15.4. The van der Waals surface area contributed by atoms with Gasteiger partial charge in [-0.2, -0.15) is 0 Å². The molecule has 0 spiro atoms. The van der Waals surface area contributed by atoms with Crippen LogP contribution in [-0.4, -0.2) is 38.7 Å². The number of esters is 1. The topological polar surface area (TPSA) is 92.7 Å². The van der Waals surface area contributed by atoms with E-state index in [1.807, 2.05) is 0 Å². The molecule has 2 rings (SSSR count). The molecule has 20 heavy (non-hydrogen) atoms. The molecule has 6 nitrogen and oxygen atoms in total. The van der Waals surface area contributed by atoms with E-state index in [1.165, 1.54) is 18.6 Å². The summed E-state index contributed by atoms with van der Waals surface area (Å²) >= 11 is 1.03. The number of carbonyl (C=O) groups is 1. The van der Waals surface area contributed by atoms with Gasteiger partial charge in [0.05, 0.1) is 13.2 Å². The van der Waals surface area contributed by atoms with Crippen molar-refractivity contribution in [2.24, 2.45) is 0 Å². The van der Waals surface area contributed by atoms with Gasteiger partial charge in [0.25, 0.3) is 0 Å². The zero-order chi connectivity index (χ0) is 14.8. The number of hydrogen-bond acceptors (Lipinski definition) is 6. The Hall–Kier alpha value is -0.960. The fourth-order valence-electron chi connectivity index (χ4n) is 2.30. The lowest BCUT2D eigenvalue weighted by atomic mass is 9.94. The molecule has 0 radical (unpaired) electrons. The van der Waals surface area contributed by atoms with Gasteiger partial charge < -0.3 is 9.84 Å². The number of thiophene rings is 1. The highest BCUT2D eigenvalue weighted by molar-refractivity contribution is 7.89. The Bertz CT molecular complexity index is 580. The maximum atomic E-state index is 12.3. The maximum Gasteiger partial charge on any atom is 0.349 e. The summed E-state index contributed by atoms with van der Waals surface area (Å²) < 4.78 is 31.8. The molecule has 0 amide bonds. The number of sulfonamides is 1. The minimum absolute atomic E-state index is 0.0607. The fourth-order valence-corrected chi connectivity index (χ4v) is 4.92. The largest absolute Gasteiger partial charge is 0.465 e. The first-order valence-corrected chi connectivity index (χ1v) is 8.66. The molecule has 0 unspecified atom stereocenters. The van der Waals surface area contributed by atoms with Gasteiger partial charge in [-0.15, -0.1) is 11.3 Å². The molecule has 0 bridgehead atoms. The van der Waals surface area contributed by atoms with Crippen molar-refractivity contribution in [3.63, 3.8) is 0 Å². The zero-order valence-electron chi connectivity index (χ0n) is 11.0. The molecule has 1 saturated carbocycles. The van der Waals surface area contributed by atoms with Gasteiger partial charge in [0.15, 0.2) is 0 Å². The van der Waals surface area contributed by atoms with E-state index in [0.29, 0.717) is 19.3 Å². The molecule has 0 saturated heterocycles. The molecule has 1 fully saturated rings. The Morgan fingerprint density at radius 2 is 2.25 bits per heavy atom. The first-order chi connectivity index (χ1) is 9.44. The number of methoxy groups -OCH3 is 1. The quantitative estimate of drug-likeness (QED) is 0.811. The van der Waals surface area contributed by atoms with Crippen LogP contribution in [0, 0.1) is 0 Å². The Labute approximate surface area is 121 Å². The normalized spacial score (nSPS) is 23.5. The number of hydrogen-bond donors (Lipinski definition) is 2. The number of carbonyl (C=O) groups excluding carboxylic acids is 1. The van der Waals surface area contributed by atoms with Crippen LogP contribution in [0.2, 0.25) is 0 Å². The first-order valence-electron chi connectivity index (χ1n) is 6.30. The summed E-state index contributed by atoms with van der Waals surface area (Å²) in [6.45, 7) is 0. The lowest BCUT2D eigenvalue weighted by Crippen LogP contribution is -2.39. The fraction of sp³-hybridized carbons (Fsp3) is 0.583. The van der Waals surface area contributed by atoms with Crippen LogP contribution in [0.15, 0.2) is 16.3 Å². The third kappa shape index (κ3) is 3.38. The van der Waals surface area contributed by atoms with Crippen molar-refractivity contribution in [3.05, 3.63) is 16.3 Å². The molecule has 0 aliphatic heterocycles. The van der Waals surface area contributed by atoms with E-state index >= 15 is 0 Å². The number of aliphatic hydroxyl groups is 1. The van der Waals surface area contributed by atoms with E-state index in [9.17, 15) is 18.3 Å². The van der Waals surface area contributed by atoms with Crippen molar-refractivity contribution in [1.82, 2.24) is 4.72 Å². The minimum Gasteiger partial charge on any atom is -0.465 e. The second-order valence-corrected chi connectivity index (χ2v) is 7.34. The van der Waals surface area contributed by atoms with E-state index in [-0.39, 0.29) is 15.8 Å². The van der Waals surface area contributed by atoms with Gasteiger partial charge in [-0.25, -0.2) is 17.9 Å². The van der Waals surface area contributed by atoms with Crippen LogP contribution in [0.25, 0.3) is 0 Å². The predicted octanol–water partition coefficient (Wildman–Crippen LogP) is 1.12. The van der Waals surface area contributed by atoms with Gasteiger partial charge >= 0.3 is 5.97 Å². The van der Waals surface area contributed by atoms with Crippen LogP contribution >= 0.6 is 11.3 Å². The van der Waals surface area contributed by atoms with Crippen LogP contribution < -0.4 is 4.72 Å². The molecular formula is C12H17NO5S2. The summed E-state index contributed by atoms with van der Waals surface area (Å²) in [5.74, 6) is -0.663. The molecule has 1 aliphatic carbocycles. The van der Waals surface area contributed by atoms with Crippen LogP contribution in [0.1, 0.15) is 35.4 Å². The Kier molecular flexibility index (Phi) is 4.79. The summed E-state index contributed by atoms with van der Waals surface area (Å²) in [6, 6.07) is 1.09. The van der Waals surface area contributed by atoms with Crippen molar-refractivity contribution in [1.29, 1.82) is 0 Å². The summed E-state index contributed by atoms with van der Waals surface area (Å²) in [5.41, 5.74) is 0. The second kappa shape index (κ2) is 6.21. The molecule has 1 heterocycles. The zero-order valence-corrected chi connectivity index (χ0v) is 12.7. The molecular weight excluding hydrogens is 302 g/mol. The Morgan fingerprint density at radius 3 is 2.90 bits per heavy atom. The number of aliphatic hydroxyl groups excluding tert-OH is 1. The van der Waals surface area contributed by atoms with Crippen molar-refractivity contribution in [3.8, 4) is 0 Å². The highest BCUT2D eigenvalue weighted by Crippen LogP contribution is 2.25. The molecule has 8 heteroatoms. The average Bonchev–Trinajstić information content (AvgIpc) is 2.87. The lowest BCUT2D eigenvalue weighted by molar-refractivity contribution is 0.0602. The summed E-state index contributed by atoms with van der Waals surface area (Å²) in [6.07, 6.45) is 2.09. The van der Waals surface area contributed by atoms with Gasteiger partial charge in [-0.3, -0.25) is 0 Å². The van der Waals surface area contributed by atoms with Gasteiger partial charge in [-0.05, 0) is 37.1 Å². The highest BCUT2D eigenvalue weighted by atomic mass is 32.2. The van der Waals surface area contributed by atoms with E-state index in [1.54, 1.807) is 0 Å². The number of nitrogens with one attached hydrogen (secondary N) is 1. The minimum atomic E-state index is -3.78. The van der Waals surface area contributed by atoms with Crippen LogP contribution in [0.4, 0.5) is 0 Å². The number of rotatable bonds is 4. The number of ether oxygens (including phenoxy) is 1. The SMILES string of the molecule is COC(=O)c1sccc1S(=O)(=O)N[C@H]1CCC[C@H](O)C1. The molecule has 1 aliphatic rings. The summed E-state index contributed by atoms with van der Waals surface area (Å²) in [7, 11) is -2.57. The standard InChI is InChI=1S/C12H17NO5S2/c1-18-12(15)11-10(5-6-19-11)20(16,17)13-8-3-2-4-9(14)7-8/h5-6,8-9,13-14H,2-4,7H2,1H3/t8-,9-/m0/s1. The van der Waals surface area contributed by atoms with Crippen LogP contribution in [-0.2, 0) is 14.8 Å². The Balaban J connectivity index is 2.18. The van der Waals surface area contributed by atoms with Crippen molar-refractivity contribution in [2.75, 3.05) is 7.11 Å². The van der Waals surface area contributed by atoms with Gasteiger partial charge in [0.2, 0.25) is 10.0 Å². The molecule has 1 aromatic rings. The highest BCUT2D eigenvalue weighted by Gasteiger charge is 2.29. The van der Waals surface area contributed by atoms with Gasteiger partial charge in [0, 0.05) is 6.04 Å². The van der Waals surface area contributed by atoms with Gasteiger partial charge in [0.1, 0.15) is 9.77 Å². The molecule has 1 aromatic heterocycles. The summed E-state index contributed by atoms with van der Waals surface area (Å²) in [4.78, 5) is 11.5. The van der Waals surface area contributed by atoms with E-state index in [0.717, 1.165) is 17.8 Å². The molecule has 112 valence electrons. The smallest absolute Gasteiger partial charge is 0.349 e. The third-order valence-electron chi connectivity index (χ3n) is 3.26. The second-order valence-electron chi connectivity index (χ2n) is 4.74. The van der Waals surface area contributed by atoms with Gasteiger partial charge in [-0.1, -0.05) is 0 Å².